The van der Waals surface area contributed by atoms with Crippen LogP contribution in [0.1, 0.15) is 156 Å². The Morgan fingerprint density at radius 2 is 0.961 bits per heavy atom. The molecule has 9 nitrogen and oxygen atoms in total. The number of hydrogen-bond acceptors (Lipinski definition) is 5. The molecule has 2 aliphatic carbocycles. The Morgan fingerprint density at radius 1 is 0.451 bits per heavy atom. The number of piperidine rings is 2. The molecule has 102 heavy (non-hydrogen) atoms. The lowest BCUT2D eigenvalue weighted by Gasteiger charge is -2.44. The number of benzene rings is 8. The van der Waals surface area contributed by atoms with Crippen molar-refractivity contribution >= 4 is 55.2 Å². The molecule has 4 fully saturated rings. The molecule has 10 aliphatic rings. The van der Waals surface area contributed by atoms with Gasteiger partial charge in [0.25, 0.3) is 0 Å². The predicted octanol–water partition coefficient (Wildman–Crippen LogP) is 19.2. The lowest BCUT2D eigenvalue weighted by molar-refractivity contribution is 0.0367. The van der Waals surface area contributed by atoms with Crippen molar-refractivity contribution in [1.29, 1.82) is 0 Å². The smallest absolute Gasteiger partial charge is 0.123 e. The van der Waals surface area contributed by atoms with Crippen LogP contribution in [0.15, 0.2) is 194 Å². The van der Waals surface area contributed by atoms with Crippen LogP contribution in [0.25, 0.3) is 43.6 Å². The first kappa shape index (κ1) is 67.0. The van der Waals surface area contributed by atoms with Crippen molar-refractivity contribution in [2.45, 2.75) is 165 Å². The molecule has 7 unspecified atom stereocenters. The van der Waals surface area contributed by atoms with Crippen LogP contribution in [-0.2, 0) is 70.4 Å². The number of likely N-dealkylation sites (N-methyl/N-ethyl adjacent to an activating group) is 2. The van der Waals surface area contributed by atoms with Crippen molar-refractivity contribution in [3.8, 4) is 0 Å². The molecule has 1 N–H and O–H groups in total. The van der Waals surface area contributed by atoms with E-state index in [0.717, 1.165) is 87.2 Å². The van der Waals surface area contributed by atoms with E-state index >= 15 is 0 Å². The van der Waals surface area contributed by atoms with Gasteiger partial charge in [-0.2, -0.15) is 0 Å². The van der Waals surface area contributed by atoms with E-state index in [1.807, 2.05) is 24.3 Å². The Bertz CT molecular complexity index is 5020. The maximum absolute atomic E-state index is 14.1. The second kappa shape index (κ2) is 28.1. The minimum absolute atomic E-state index is 0.173. The highest BCUT2D eigenvalue weighted by atomic mass is 35.5. The Labute approximate surface area is 603 Å². The fourth-order valence-corrected chi connectivity index (χ4v) is 20.1. The summed E-state index contributed by atoms with van der Waals surface area (Å²) in [5.74, 6) is 0.358. The first-order valence-corrected chi connectivity index (χ1v) is 38.2. The van der Waals surface area contributed by atoms with Crippen LogP contribution in [-0.4, -0.2) is 95.8 Å². The molecular weight excluding hydrogens is 1290 g/mol. The number of aryl methyl sites for hydroxylation is 6. The van der Waals surface area contributed by atoms with Crippen molar-refractivity contribution in [1.82, 2.24) is 37.9 Å². The van der Waals surface area contributed by atoms with Crippen molar-refractivity contribution in [2.75, 3.05) is 46.8 Å². The van der Waals surface area contributed by atoms with Gasteiger partial charge in [0, 0.05) is 166 Å². The van der Waals surface area contributed by atoms with Gasteiger partial charge in [-0.25, -0.2) is 13.2 Å². The van der Waals surface area contributed by atoms with Crippen molar-refractivity contribution < 1.29 is 18.3 Å². The monoisotopic (exact) mass is 1380 g/mol. The summed E-state index contributed by atoms with van der Waals surface area (Å²) in [6, 6.07) is 66.3. The zero-order valence-corrected chi connectivity index (χ0v) is 60.0. The minimum atomic E-state index is -1.16. The molecule has 0 amide bonds. The Hall–Kier alpha value is -8.20. The summed E-state index contributed by atoms with van der Waals surface area (Å²) in [7, 11) is 4.44. The average Bonchev–Trinajstić information content (AvgIpc) is 1.56. The molecule has 7 atom stereocenters. The van der Waals surface area contributed by atoms with Crippen LogP contribution < -0.4 is 0 Å². The second-order valence-corrected chi connectivity index (χ2v) is 31.2. The van der Waals surface area contributed by atoms with Gasteiger partial charge in [-0.3, -0.25) is 19.6 Å². The first-order chi connectivity index (χ1) is 49.8. The Kier molecular flexibility index (Phi) is 18.5. The summed E-state index contributed by atoms with van der Waals surface area (Å²) in [6.07, 6.45) is 15.6. The van der Waals surface area contributed by atoms with E-state index in [1.54, 1.807) is 59.8 Å². The largest absolute Gasteiger partial charge is 0.384 e. The third-order valence-electron chi connectivity index (χ3n) is 24.7. The molecule has 524 valence electrons. The van der Waals surface area contributed by atoms with Gasteiger partial charge in [0.2, 0.25) is 0 Å². The molecule has 12 heterocycles. The van der Waals surface area contributed by atoms with E-state index in [9.17, 15) is 18.3 Å². The van der Waals surface area contributed by atoms with E-state index in [4.69, 9.17) is 11.6 Å². The number of fused-ring (bicyclic) bond motifs is 15. The lowest BCUT2D eigenvalue weighted by Crippen LogP contribution is -2.41. The summed E-state index contributed by atoms with van der Waals surface area (Å²) < 4.78 is 50.5. The zero-order chi connectivity index (χ0) is 69.3. The van der Waals surface area contributed by atoms with Gasteiger partial charge in [0.1, 0.15) is 23.1 Å². The fourth-order valence-electron chi connectivity index (χ4n) is 19.9. The zero-order valence-electron chi connectivity index (χ0n) is 59.2. The van der Waals surface area contributed by atoms with Crippen molar-refractivity contribution in [2.24, 2.45) is 0 Å². The fraction of sp³-hybridized carbons (Fsp3) is 0.371. The summed E-state index contributed by atoms with van der Waals surface area (Å²) >= 11 is 6.31. The van der Waals surface area contributed by atoms with E-state index in [1.165, 1.54) is 161 Å². The number of aliphatic hydroxyl groups is 1. The molecule has 13 heteroatoms. The van der Waals surface area contributed by atoms with Crippen LogP contribution in [0.3, 0.4) is 0 Å². The molecule has 0 spiro atoms. The SMILES string of the molecule is CN1CC2CCC1c1c2n(CC(C)(O)c2ccc(F)cc2)c2ccc(F)cc12.CN1CC2CCC1c1c2n(CCc2ccccc2)c2ccccc12.Fc1ccc(CCn2c3c(c4cc(Cl)ccc42)CN2CCCC2C3)cc1.c1ccc(CCn2c3c(c4ccccc42)C2CCCN2CC3)cc1. The van der Waals surface area contributed by atoms with Gasteiger partial charge < -0.3 is 23.4 Å². The summed E-state index contributed by atoms with van der Waals surface area (Å²) in [5, 5.41) is 17.3. The number of halogens is 4. The molecule has 8 aromatic carbocycles. The molecule has 8 aliphatic heterocycles. The molecule has 0 saturated carbocycles. The molecule has 4 saturated heterocycles. The number of nitrogens with zero attached hydrogens (tertiary/aromatic N) is 8. The van der Waals surface area contributed by atoms with Crippen LogP contribution >= 0.6 is 11.6 Å². The standard InChI is InChI=1S/C23H24F2N2O.C22H22ClFN2.2C22H24N2/c1-23(28,15-4-6-16(24)7-5-15)13-27-19-10-8-17(25)11-18(19)21-20-9-3-14(22(21)27)12-26(20)2;23-16-5-8-21-19(12-16)20-14-25-10-1-2-18(25)13-22(20)26(21)11-9-15-3-6-17(24)7-4-15;1-23-15-17-11-12-20(23)21-18-9-5-6-10-19(18)24(22(17)21)14-13-16-7-3-2-4-8-16;1-2-7-17(8-3-1)12-16-24-19-10-5-4-9-18(19)22-20-11-6-14-23(20)15-13-21(22)24/h4-8,10-11,14,20,28H,3,9,12-13H2,1-2H3;3-8,12,18H,1-2,9-11,13-14H2;2-10,17,20H,11-15H2,1H3;1-5,7-10,20H,6,11-16H2. The van der Waals surface area contributed by atoms with Gasteiger partial charge in [0.15, 0.2) is 0 Å². The molecule has 4 bridgehead atoms. The van der Waals surface area contributed by atoms with Crippen LogP contribution in [0.2, 0.25) is 5.02 Å². The van der Waals surface area contributed by atoms with Crippen molar-refractivity contribution in [3.63, 3.8) is 0 Å². The highest BCUT2D eigenvalue weighted by Gasteiger charge is 2.44. The van der Waals surface area contributed by atoms with Crippen LogP contribution in [0.5, 0.6) is 0 Å². The van der Waals surface area contributed by atoms with Crippen LogP contribution in [0.4, 0.5) is 13.2 Å². The van der Waals surface area contributed by atoms with Gasteiger partial charge in [-0.1, -0.05) is 133 Å². The van der Waals surface area contributed by atoms with Crippen molar-refractivity contribution in [3.05, 3.63) is 284 Å². The lowest BCUT2D eigenvalue weighted by atomic mass is 9.78. The average molecular weight is 1380 g/mol. The van der Waals surface area contributed by atoms with Gasteiger partial charge >= 0.3 is 0 Å². The third kappa shape index (κ3) is 12.6. The maximum atomic E-state index is 14.1. The first-order valence-electron chi connectivity index (χ1n) is 37.8. The number of aromatic nitrogens is 4. The Morgan fingerprint density at radius 3 is 1.62 bits per heavy atom. The number of hydrogen-bond donors (Lipinski definition) is 1. The predicted molar refractivity (Wildman–Crippen MR) is 408 cm³/mol. The number of rotatable bonds is 12. The van der Waals surface area contributed by atoms with E-state index in [2.05, 4.69) is 173 Å². The maximum Gasteiger partial charge on any atom is 0.123 e. The van der Waals surface area contributed by atoms with E-state index in [0.29, 0.717) is 48.1 Å². The van der Waals surface area contributed by atoms with Gasteiger partial charge in [-0.15, -0.1) is 0 Å². The quantitative estimate of drug-likeness (QED) is 0.132. The Balaban J connectivity index is 0.000000101. The van der Waals surface area contributed by atoms with E-state index in [-0.39, 0.29) is 17.5 Å². The summed E-state index contributed by atoms with van der Waals surface area (Å²) in [6.45, 7) is 12.2. The topological polar surface area (TPSA) is 52.9 Å². The molecule has 0 radical (unpaired) electrons. The number of para-hydroxylation sites is 2. The normalized spacial score (nSPS) is 21.7. The second-order valence-electron chi connectivity index (χ2n) is 30.8. The molecule has 12 aromatic rings. The van der Waals surface area contributed by atoms with Gasteiger partial charge in [-0.05, 0) is 222 Å². The summed E-state index contributed by atoms with van der Waals surface area (Å²) in [4.78, 5) is 10.3. The molecular formula is C89H94ClF3N8O. The van der Waals surface area contributed by atoms with E-state index < -0.39 is 5.60 Å². The third-order valence-corrected chi connectivity index (χ3v) is 24.9. The highest BCUT2D eigenvalue weighted by Crippen LogP contribution is 2.53. The minimum Gasteiger partial charge on any atom is -0.384 e. The summed E-state index contributed by atoms with van der Waals surface area (Å²) in [5.41, 5.74) is 20.6. The molecule has 4 aromatic heterocycles. The van der Waals surface area contributed by atoms with Gasteiger partial charge in [0.05, 0.1) is 6.54 Å². The molecule has 22 rings (SSSR count). The highest BCUT2D eigenvalue weighted by molar-refractivity contribution is 6.31. The van der Waals surface area contributed by atoms with Crippen LogP contribution in [0, 0.1) is 17.5 Å².